The summed E-state index contributed by atoms with van der Waals surface area (Å²) in [6.45, 7) is 0. The highest BCUT2D eigenvalue weighted by Crippen LogP contribution is 2.14. The fraction of sp³-hybridized carbons (Fsp3) is 0.200. The van der Waals surface area contributed by atoms with Crippen molar-refractivity contribution in [2.75, 3.05) is 14.1 Å². The molecule has 1 aromatic heterocycles. The highest BCUT2D eigenvalue weighted by Gasteiger charge is 2.01. The van der Waals surface area contributed by atoms with E-state index in [0.29, 0.717) is 11.3 Å². The van der Waals surface area contributed by atoms with E-state index in [1.165, 1.54) is 0 Å². The van der Waals surface area contributed by atoms with Crippen molar-refractivity contribution < 1.29 is 0 Å². The van der Waals surface area contributed by atoms with Crippen LogP contribution in [-0.4, -0.2) is 24.0 Å². The molecular weight excluding hydrogens is 242 g/mol. The van der Waals surface area contributed by atoms with E-state index in [9.17, 15) is 0 Å². The van der Waals surface area contributed by atoms with Crippen molar-refractivity contribution in [2.24, 2.45) is 0 Å². The van der Waals surface area contributed by atoms with Crippen LogP contribution in [0.5, 0.6) is 0 Å². The van der Waals surface area contributed by atoms with Gasteiger partial charge in [0.05, 0.1) is 11.3 Å². The summed E-state index contributed by atoms with van der Waals surface area (Å²) in [4.78, 5) is 5.96. The Balaban J connectivity index is 3.03. The van der Waals surface area contributed by atoms with Crippen LogP contribution in [0.4, 0.5) is 0 Å². The first-order chi connectivity index (χ1) is 6.63. The summed E-state index contributed by atoms with van der Waals surface area (Å²) in [5, 5.41) is 8.90. The van der Waals surface area contributed by atoms with Gasteiger partial charge in [-0.25, -0.2) is 0 Å². The molecule has 0 saturated carbocycles. The van der Waals surface area contributed by atoms with E-state index in [0.717, 1.165) is 4.47 Å². The predicted molar refractivity (Wildman–Crippen MR) is 59.2 cm³/mol. The Labute approximate surface area is 91.8 Å². The molecule has 0 aliphatic heterocycles. The van der Waals surface area contributed by atoms with E-state index in [4.69, 9.17) is 5.26 Å². The quantitative estimate of drug-likeness (QED) is 0.758. The van der Waals surface area contributed by atoms with Crippen LogP contribution in [0.15, 0.2) is 29.0 Å². The van der Waals surface area contributed by atoms with Gasteiger partial charge in [0.1, 0.15) is 6.07 Å². The molecule has 0 fully saturated rings. The van der Waals surface area contributed by atoms with Crippen molar-refractivity contribution >= 4 is 21.5 Å². The summed E-state index contributed by atoms with van der Waals surface area (Å²) in [6, 6.07) is 5.78. The summed E-state index contributed by atoms with van der Waals surface area (Å²) in [5.41, 5.74) is 1.24. The van der Waals surface area contributed by atoms with Crippen LogP contribution in [0.3, 0.4) is 0 Å². The molecule has 0 aromatic carbocycles. The summed E-state index contributed by atoms with van der Waals surface area (Å²) < 4.78 is 0.906. The number of halogens is 1. The highest BCUT2D eigenvalue weighted by molar-refractivity contribution is 9.10. The fourth-order valence-electron chi connectivity index (χ4n) is 0.946. The molecule has 14 heavy (non-hydrogen) atoms. The van der Waals surface area contributed by atoms with Gasteiger partial charge in [0.25, 0.3) is 0 Å². The average molecular weight is 252 g/mol. The minimum absolute atomic E-state index is 0.558. The fourth-order valence-corrected chi connectivity index (χ4v) is 1.18. The molecule has 1 aromatic rings. The molecule has 1 heterocycles. The first-order valence-electron chi connectivity index (χ1n) is 4.04. The lowest BCUT2D eigenvalue weighted by Gasteiger charge is -2.05. The second kappa shape index (κ2) is 4.77. The Hall–Kier alpha value is -1.34. The molecule has 1 rings (SSSR count). The van der Waals surface area contributed by atoms with Crippen LogP contribution >= 0.6 is 15.9 Å². The standard InChI is InChI=1S/C10H10BrN3/c1-14(2)7-8(5-12)10-4-3-9(11)6-13-10/h3-4,6-7H,1-2H3/b8-7+. The van der Waals surface area contributed by atoms with Crippen molar-refractivity contribution in [3.8, 4) is 6.07 Å². The predicted octanol–water partition coefficient (Wildman–Crippen LogP) is 2.27. The number of pyridine rings is 1. The minimum Gasteiger partial charge on any atom is -0.382 e. The van der Waals surface area contributed by atoms with Crippen LogP contribution in [0.25, 0.3) is 5.57 Å². The Kier molecular flexibility index (Phi) is 3.66. The molecule has 0 saturated heterocycles. The van der Waals surface area contributed by atoms with Gasteiger partial charge in [-0.2, -0.15) is 5.26 Å². The van der Waals surface area contributed by atoms with Gasteiger partial charge in [0.15, 0.2) is 0 Å². The van der Waals surface area contributed by atoms with E-state index in [1.807, 2.05) is 31.1 Å². The Morgan fingerprint density at radius 3 is 2.71 bits per heavy atom. The normalized spacial score (nSPS) is 10.9. The number of hydrogen-bond donors (Lipinski definition) is 0. The molecule has 0 N–H and O–H groups in total. The zero-order valence-electron chi connectivity index (χ0n) is 8.03. The lowest BCUT2D eigenvalue weighted by atomic mass is 10.2. The smallest absolute Gasteiger partial charge is 0.103 e. The van der Waals surface area contributed by atoms with Gasteiger partial charge in [-0.1, -0.05) is 0 Å². The molecule has 0 aliphatic carbocycles. The van der Waals surface area contributed by atoms with Gasteiger partial charge in [0.2, 0.25) is 0 Å². The SMILES string of the molecule is CN(C)/C=C(\C#N)c1ccc(Br)cn1. The molecule has 0 bridgehead atoms. The summed E-state index contributed by atoms with van der Waals surface area (Å²) in [6.07, 6.45) is 3.42. The van der Waals surface area contributed by atoms with Crippen molar-refractivity contribution in [2.45, 2.75) is 0 Å². The van der Waals surface area contributed by atoms with Crippen molar-refractivity contribution in [1.29, 1.82) is 5.26 Å². The molecule has 0 amide bonds. The highest BCUT2D eigenvalue weighted by atomic mass is 79.9. The Bertz CT molecular complexity index is 373. The molecule has 0 unspecified atom stereocenters. The number of hydrogen-bond acceptors (Lipinski definition) is 3. The maximum absolute atomic E-state index is 8.90. The van der Waals surface area contributed by atoms with Crippen LogP contribution in [0.1, 0.15) is 5.69 Å². The van der Waals surface area contributed by atoms with Gasteiger partial charge < -0.3 is 4.90 Å². The third kappa shape index (κ3) is 2.86. The number of rotatable bonds is 2. The van der Waals surface area contributed by atoms with Gasteiger partial charge in [-0.15, -0.1) is 0 Å². The largest absolute Gasteiger partial charge is 0.382 e. The summed E-state index contributed by atoms with van der Waals surface area (Å²) in [5.74, 6) is 0. The van der Waals surface area contributed by atoms with Crippen molar-refractivity contribution in [3.63, 3.8) is 0 Å². The second-order valence-electron chi connectivity index (χ2n) is 2.98. The summed E-state index contributed by atoms with van der Waals surface area (Å²) >= 11 is 3.29. The zero-order valence-corrected chi connectivity index (χ0v) is 9.62. The van der Waals surface area contributed by atoms with Crippen molar-refractivity contribution in [1.82, 2.24) is 9.88 Å². The Morgan fingerprint density at radius 1 is 1.57 bits per heavy atom. The summed E-state index contributed by atoms with van der Waals surface area (Å²) in [7, 11) is 3.74. The maximum Gasteiger partial charge on any atom is 0.103 e. The van der Waals surface area contributed by atoms with Gasteiger partial charge >= 0.3 is 0 Å². The first-order valence-corrected chi connectivity index (χ1v) is 4.83. The third-order valence-corrected chi connectivity index (χ3v) is 1.98. The molecular formula is C10H10BrN3. The molecule has 0 radical (unpaired) electrons. The maximum atomic E-state index is 8.90. The molecule has 0 aliphatic rings. The van der Waals surface area contributed by atoms with E-state index in [2.05, 4.69) is 27.0 Å². The number of aromatic nitrogens is 1. The lowest BCUT2D eigenvalue weighted by Crippen LogP contribution is -2.02. The van der Waals surface area contributed by atoms with Crippen LogP contribution in [0.2, 0.25) is 0 Å². The molecule has 0 spiro atoms. The van der Waals surface area contributed by atoms with Gasteiger partial charge in [0, 0.05) is 31.0 Å². The molecule has 0 atom stereocenters. The lowest BCUT2D eigenvalue weighted by molar-refractivity contribution is 0.566. The van der Waals surface area contributed by atoms with Crippen LogP contribution in [0, 0.1) is 11.3 Å². The topological polar surface area (TPSA) is 39.9 Å². The molecule has 72 valence electrons. The zero-order chi connectivity index (χ0) is 10.6. The number of allylic oxidation sites excluding steroid dienone is 1. The van der Waals surface area contributed by atoms with Gasteiger partial charge in [-0.05, 0) is 28.1 Å². The number of nitriles is 1. The van der Waals surface area contributed by atoms with E-state index >= 15 is 0 Å². The molecule has 3 nitrogen and oxygen atoms in total. The van der Waals surface area contributed by atoms with E-state index in [-0.39, 0.29) is 0 Å². The van der Waals surface area contributed by atoms with Gasteiger partial charge in [-0.3, -0.25) is 4.98 Å². The monoisotopic (exact) mass is 251 g/mol. The Morgan fingerprint density at radius 2 is 2.29 bits per heavy atom. The van der Waals surface area contributed by atoms with Crippen LogP contribution in [-0.2, 0) is 0 Å². The number of nitrogens with zero attached hydrogens (tertiary/aromatic N) is 3. The third-order valence-electron chi connectivity index (χ3n) is 1.51. The molecule has 4 heteroatoms. The second-order valence-corrected chi connectivity index (χ2v) is 3.90. The average Bonchev–Trinajstić information content (AvgIpc) is 2.15. The first kappa shape index (κ1) is 10.7. The van der Waals surface area contributed by atoms with E-state index < -0.39 is 0 Å². The van der Waals surface area contributed by atoms with E-state index in [1.54, 1.807) is 12.4 Å². The minimum atomic E-state index is 0.558. The van der Waals surface area contributed by atoms with Crippen molar-refractivity contribution in [3.05, 3.63) is 34.7 Å². The van der Waals surface area contributed by atoms with Crippen LogP contribution < -0.4 is 0 Å².